The van der Waals surface area contributed by atoms with Crippen LogP contribution in [0.15, 0.2) is 66.3 Å². The maximum absolute atomic E-state index is 13.2. The number of benzene rings is 1. The van der Waals surface area contributed by atoms with E-state index in [0.717, 1.165) is 46.4 Å². The van der Waals surface area contributed by atoms with E-state index in [1.165, 1.54) is 5.56 Å². The van der Waals surface area contributed by atoms with E-state index in [1.807, 2.05) is 55.3 Å². The van der Waals surface area contributed by atoms with Gasteiger partial charge in [-0.15, -0.1) is 11.3 Å². The van der Waals surface area contributed by atoms with Crippen LogP contribution in [0.25, 0.3) is 11.4 Å². The molecule has 7 heteroatoms. The molecule has 4 rings (SSSR count). The summed E-state index contributed by atoms with van der Waals surface area (Å²) >= 11 is 1.54. The third-order valence-corrected chi connectivity index (χ3v) is 6.55. The fourth-order valence-electron chi connectivity index (χ4n) is 3.94. The topological polar surface area (TPSA) is 63.1 Å². The minimum absolute atomic E-state index is 0.0705. The Bertz CT molecular complexity index is 1200. The zero-order chi connectivity index (χ0) is 23.2. The fourth-order valence-corrected chi connectivity index (χ4v) is 4.66. The van der Waals surface area contributed by atoms with E-state index in [9.17, 15) is 4.79 Å². The number of hydrogen-bond donors (Lipinski definition) is 1. The largest absolute Gasteiger partial charge is 0.342 e. The number of pyridine rings is 1. The summed E-state index contributed by atoms with van der Waals surface area (Å²) in [5.41, 5.74) is 5.72. The van der Waals surface area contributed by atoms with E-state index in [0.29, 0.717) is 13.1 Å². The van der Waals surface area contributed by atoms with Crippen molar-refractivity contribution in [2.45, 2.75) is 33.7 Å². The Labute approximate surface area is 198 Å². The summed E-state index contributed by atoms with van der Waals surface area (Å²) in [5.74, 6) is 0.0705. The number of thiazole rings is 1. The summed E-state index contributed by atoms with van der Waals surface area (Å²) < 4.78 is 2.23. The summed E-state index contributed by atoms with van der Waals surface area (Å²) in [6, 6.07) is 16.3. The number of carbonyl (C=O) groups excluding carboxylic acids is 1. The van der Waals surface area contributed by atoms with E-state index in [1.54, 1.807) is 23.7 Å². The average Bonchev–Trinajstić information content (AvgIpc) is 3.43. The second-order valence-corrected chi connectivity index (χ2v) is 8.66. The molecule has 0 aliphatic carbocycles. The van der Waals surface area contributed by atoms with E-state index < -0.39 is 0 Å². The van der Waals surface area contributed by atoms with Crippen LogP contribution < -0.4 is 5.32 Å². The summed E-state index contributed by atoms with van der Waals surface area (Å²) in [5, 5.41) is 6.15. The molecule has 0 unspecified atom stereocenters. The van der Waals surface area contributed by atoms with Crippen LogP contribution in [0.1, 0.15) is 35.5 Å². The van der Waals surface area contributed by atoms with Crippen LogP contribution >= 0.6 is 11.3 Å². The van der Waals surface area contributed by atoms with Crippen LogP contribution in [0.3, 0.4) is 0 Å². The van der Waals surface area contributed by atoms with Gasteiger partial charge in [0.05, 0.1) is 28.8 Å². The van der Waals surface area contributed by atoms with Gasteiger partial charge in [-0.1, -0.05) is 30.3 Å². The molecule has 3 aromatic heterocycles. The third-order valence-electron chi connectivity index (χ3n) is 5.79. The zero-order valence-electron chi connectivity index (χ0n) is 19.3. The van der Waals surface area contributed by atoms with Gasteiger partial charge in [-0.3, -0.25) is 9.78 Å². The monoisotopic (exact) mass is 459 g/mol. The van der Waals surface area contributed by atoms with E-state index >= 15 is 0 Å². The molecule has 0 saturated carbocycles. The molecule has 33 heavy (non-hydrogen) atoms. The average molecular weight is 460 g/mol. The van der Waals surface area contributed by atoms with Crippen molar-refractivity contribution < 1.29 is 4.79 Å². The first-order valence-corrected chi connectivity index (χ1v) is 12.1. The van der Waals surface area contributed by atoms with Gasteiger partial charge in [0.25, 0.3) is 5.91 Å². The highest BCUT2D eigenvalue weighted by Gasteiger charge is 2.22. The number of hydrogen-bond acceptors (Lipinski definition) is 5. The van der Waals surface area contributed by atoms with Crippen LogP contribution in [0.2, 0.25) is 0 Å². The zero-order valence-corrected chi connectivity index (χ0v) is 20.1. The van der Waals surface area contributed by atoms with Gasteiger partial charge in [0.1, 0.15) is 0 Å². The summed E-state index contributed by atoms with van der Waals surface area (Å²) in [4.78, 5) is 24.1. The lowest BCUT2D eigenvalue weighted by Crippen LogP contribution is -2.30. The first-order chi connectivity index (χ1) is 16.1. The lowest BCUT2D eigenvalue weighted by atomic mass is 10.1. The molecule has 1 aromatic carbocycles. The molecular formula is C26H29N5OS. The van der Waals surface area contributed by atoms with E-state index in [-0.39, 0.29) is 5.91 Å². The molecule has 0 aliphatic heterocycles. The van der Waals surface area contributed by atoms with Gasteiger partial charge in [0.15, 0.2) is 5.13 Å². The van der Waals surface area contributed by atoms with Gasteiger partial charge < -0.3 is 14.8 Å². The fraction of sp³-hybridized carbons (Fsp3) is 0.269. The van der Waals surface area contributed by atoms with Crippen LogP contribution in [0, 0.1) is 6.92 Å². The van der Waals surface area contributed by atoms with E-state index in [2.05, 4.69) is 39.1 Å². The van der Waals surface area contributed by atoms with Crippen molar-refractivity contribution in [2.75, 3.05) is 18.4 Å². The highest BCUT2D eigenvalue weighted by molar-refractivity contribution is 7.14. The Balaban J connectivity index is 1.68. The van der Waals surface area contributed by atoms with Crippen LogP contribution in [0.5, 0.6) is 0 Å². The Hall–Kier alpha value is -3.45. The minimum Gasteiger partial charge on any atom is -0.342 e. The van der Waals surface area contributed by atoms with Crippen LogP contribution in [0.4, 0.5) is 10.8 Å². The number of aryl methyl sites for hydroxylation is 1. The molecule has 0 aliphatic rings. The Morgan fingerprint density at radius 3 is 2.61 bits per heavy atom. The minimum atomic E-state index is 0.0705. The van der Waals surface area contributed by atoms with Crippen molar-refractivity contribution in [1.29, 1.82) is 0 Å². The maximum atomic E-state index is 13.2. The highest BCUT2D eigenvalue weighted by atomic mass is 32.1. The molecule has 0 bridgehead atoms. The maximum Gasteiger partial charge on any atom is 0.255 e. The SMILES string of the molecule is CCN(CC)C(=O)c1cc(-c2csc(Nc3cccnc3)n2)n(CCc2ccccc2)c1C. The predicted octanol–water partition coefficient (Wildman–Crippen LogP) is 5.78. The lowest BCUT2D eigenvalue weighted by molar-refractivity contribution is 0.0772. The normalized spacial score (nSPS) is 10.9. The molecule has 0 fully saturated rings. The Morgan fingerprint density at radius 1 is 1.12 bits per heavy atom. The Morgan fingerprint density at radius 2 is 1.91 bits per heavy atom. The van der Waals surface area contributed by atoms with Gasteiger partial charge in [0.2, 0.25) is 0 Å². The van der Waals surface area contributed by atoms with Crippen molar-refractivity contribution in [2.24, 2.45) is 0 Å². The number of rotatable bonds is 9. The second-order valence-electron chi connectivity index (χ2n) is 7.80. The molecule has 0 spiro atoms. The number of nitrogens with zero attached hydrogens (tertiary/aromatic N) is 4. The van der Waals surface area contributed by atoms with Gasteiger partial charge in [0, 0.05) is 36.9 Å². The predicted molar refractivity (Wildman–Crippen MR) is 135 cm³/mol. The van der Waals surface area contributed by atoms with Crippen LogP contribution in [-0.2, 0) is 13.0 Å². The molecule has 3 heterocycles. The molecule has 1 N–H and O–H groups in total. The number of anilines is 2. The molecule has 6 nitrogen and oxygen atoms in total. The highest BCUT2D eigenvalue weighted by Crippen LogP contribution is 2.31. The van der Waals surface area contributed by atoms with Gasteiger partial charge in [-0.05, 0) is 51.0 Å². The molecule has 170 valence electrons. The molecule has 0 atom stereocenters. The number of carbonyl (C=O) groups is 1. The van der Waals surface area contributed by atoms with Crippen molar-refractivity contribution >= 4 is 28.1 Å². The number of aromatic nitrogens is 3. The van der Waals surface area contributed by atoms with E-state index in [4.69, 9.17) is 4.98 Å². The standard InChI is InChI=1S/C26H29N5OS/c1-4-30(5-2)25(32)22-16-24(31(19(22)3)15-13-20-10-7-6-8-11-20)23-18-33-26(29-23)28-21-12-9-14-27-17-21/h6-12,14,16-18H,4-5,13,15H2,1-3H3,(H,28,29). The van der Waals surface area contributed by atoms with Crippen molar-refractivity contribution in [3.05, 3.63) is 83.1 Å². The number of amides is 1. The molecule has 0 radical (unpaired) electrons. The van der Waals surface area contributed by atoms with Gasteiger partial charge in [-0.2, -0.15) is 0 Å². The first kappa shape index (κ1) is 22.7. The second kappa shape index (κ2) is 10.4. The third kappa shape index (κ3) is 5.14. The molecule has 1 amide bonds. The van der Waals surface area contributed by atoms with Gasteiger partial charge in [-0.25, -0.2) is 4.98 Å². The molecular weight excluding hydrogens is 430 g/mol. The van der Waals surface area contributed by atoms with Crippen molar-refractivity contribution in [1.82, 2.24) is 19.4 Å². The summed E-state index contributed by atoms with van der Waals surface area (Å²) in [6.45, 7) is 8.22. The summed E-state index contributed by atoms with van der Waals surface area (Å²) in [6.07, 6.45) is 4.40. The van der Waals surface area contributed by atoms with Crippen molar-refractivity contribution in [3.8, 4) is 11.4 Å². The quantitative estimate of drug-likeness (QED) is 0.344. The van der Waals surface area contributed by atoms with Gasteiger partial charge >= 0.3 is 0 Å². The summed E-state index contributed by atoms with van der Waals surface area (Å²) in [7, 11) is 0. The van der Waals surface area contributed by atoms with Crippen LogP contribution in [-0.4, -0.2) is 38.4 Å². The van der Waals surface area contributed by atoms with Crippen molar-refractivity contribution in [3.63, 3.8) is 0 Å². The lowest BCUT2D eigenvalue weighted by Gasteiger charge is -2.18. The smallest absolute Gasteiger partial charge is 0.255 e. The first-order valence-electron chi connectivity index (χ1n) is 11.3. The molecule has 4 aromatic rings. The Kier molecular flexibility index (Phi) is 7.19. The molecule has 0 saturated heterocycles. The number of nitrogens with one attached hydrogen (secondary N) is 1.